The molecule has 2 atom stereocenters. The Hall–Kier alpha value is -0.200. The molecule has 0 aromatic carbocycles. The molecule has 13 heavy (non-hydrogen) atoms. The van der Waals surface area contributed by atoms with Crippen LogP contribution >= 0.6 is 0 Å². The van der Waals surface area contributed by atoms with Gasteiger partial charge in [0.2, 0.25) is 0 Å². The van der Waals surface area contributed by atoms with Crippen molar-refractivity contribution < 1.29 is 20.3 Å². The third-order valence-electron chi connectivity index (χ3n) is 3.15. The first kappa shape index (κ1) is 10.9. The zero-order chi connectivity index (χ0) is 10.4. The molecule has 0 radical (unpaired) electrons. The van der Waals surface area contributed by atoms with Crippen molar-refractivity contribution in [2.45, 2.75) is 39.2 Å². The van der Waals surface area contributed by atoms with Crippen LogP contribution in [-0.4, -0.2) is 32.2 Å². The first-order valence-corrected chi connectivity index (χ1v) is 4.36. The van der Waals surface area contributed by atoms with Crippen LogP contribution in [0.25, 0.3) is 0 Å². The quantitative estimate of drug-likeness (QED) is 0.520. The van der Waals surface area contributed by atoms with E-state index < -0.39 is 17.4 Å². The van der Waals surface area contributed by atoms with Crippen LogP contribution in [0.3, 0.4) is 0 Å². The van der Waals surface area contributed by atoms with Crippen molar-refractivity contribution in [2.24, 2.45) is 11.8 Å². The predicted molar refractivity (Wildman–Crippen MR) is 44.3 cm³/mol. The lowest BCUT2D eigenvalue weighted by Gasteiger charge is -2.31. The molecule has 1 heterocycles. The summed E-state index contributed by atoms with van der Waals surface area (Å²) in [5.41, 5.74) is -0.766. The molecule has 0 aliphatic carbocycles. The monoisotopic (exact) mass is 191 g/mol. The topological polar surface area (TPSA) is 73.2 Å². The van der Waals surface area contributed by atoms with E-state index in [1.807, 2.05) is 13.8 Å². The molecule has 2 unspecified atom stereocenters. The average Bonchev–Trinajstić information content (AvgIpc) is 2.14. The standard InChI is InChI=1S/C8H17NO4/c1-5(2)7(4)6(3)8(10,11)9(12)13-7/h5-6,10-12H,1-4H3. The van der Waals surface area contributed by atoms with Crippen LogP contribution in [0.2, 0.25) is 0 Å². The molecule has 1 aliphatic heterocycles. The summed E-state index contributed by atoms with van der Waals surface area (Å²) in [5, 5.41) is 28.1. The summed E-state index contributed by atoms with van der Waals surface area (Å²) in [7, 11) is 0. The second-order valence-corrected chi connectivity index (χ2v) is 4.11. The zero-order valence-electron chi connectivity index (χ0n) is 8.35. The molecule has 78 valence electrons. The molecule has 0 spiro atoms. The maximum Gasteiger partial charge on any atom is 0.277 e. The van der Waals surface area contributed by atoms with Crippen LogP contribution in [-0.2, 0) is 4.84 Å². The van der Waals surface area contributed by atoms with Gasteiger partial charge in [-0.2, -0.15) is 0 Å². The molecular weight excluding hydrogens is 174 g/mol. The van der Waals surface area contributed by atoms with E-state index >= 15 is 0 Å². The largest absolute Gasteiger partial charge is 0.350 e. The Morgan fingerprint density at radius 1 is 1.38 bits per heavy atom. The van der Waals surface area contributed by atoms with E-state index in [2.05, 4.69) is 0 Å². The van der Waals surface area contributed by atoms with Crippen molar-refractivity contribution in [3.63, 3.8) is 0 Å². The Bertz CT molecular complexity index is 206. The van der Waals surface area contributed by atoms with Gasteiger partial charge in [-0.25, -0.2) is 0 Å². The highest BCUT2D eigenvalue weighted by Gasteiger charge is 2.59. The fourth-order valence-corrected chi connectivity index (χ4v) is 1.49. The minimum atomic E-state index is -2.31. The van der Waals surface area contributed by atoms with Crippen molar-refractivity contribution >= 4 is 0 Å². The minimum absolute atomic E-state index is 0.0679. The van der Waals surface area contributed by atoms with Crippen LogP contribution in [0.15, 0.2) is 0 Å². The Morgan fingerprint density at radius 3 is 2.00 bits per heavy atom. The fourth-order valence-electron chi connectivity index (χ4n) is 1.49. The highest BCUT2D eigenvalue weighted by Crippen LogP contribution is 2.43. The van der Waals surface area contributed by atoms with Gasteiger partial charge in [0.25, 0.3) is 5.91 Å². The van der Waals surface area contributed by atoms with Gasteiger partial charge in [0.1, 0.15) is 5.60 Å². The van der Waals surface area contributed by atoms with E-state index in [-0.39, 0.29) is 11.1 Å². The fraction of sp³-hybridized carbons (Fsp3) is 1.00. The minimum Gasteiger partial charge on any atom is -0.350 e. The Balaban J connectivity index is 2.97. The van der Waals surface area contributed by atoms with Crippen LogP contribution in [0.1, 0.15) is 27.7 Å². The summed E-state index contributed by atoms with van der Waals surface area (Å²) < 4.78 is 0. The molecule has 1 rings (SSSR count). The van der Waals surface area contributed by atoms with Gasteiger partial charge in [-0.15, -0.1) is 0 Å². The molecule has 0 aromatic heterocycles. The molecule has 0 bridgehead atoms. The number of aliphatic hydroxyl groups is 2. The maximum atomic E-state index is 9.42. The molecule has 5 nitrogen and oxygen atoms in total. The van der Waals surface area contributed by atoms with E-state index in [9.17, 15) is 10.2 Å². The highest BCUT2D eigenvalue weighted by atomic mass is 16.9. The van der Waals surface area contributed by atoms with E-state index in [1.54, 1.807) is 13.8 Å². The SMILES string of the molecule is CC(C)C1(C)ON(O)C(O)(O)C1C. The van der Waals surface area contributed by atoms with Crippen molar-refractivity contribution in [3.8, 4) is 0 Å². The van der Waals surface area contributed by atoms with E-state index in [0.717, 1.165) is 0 Å². The summed E-state index contributed by atoms with van der Waals surface area (Å²) in [6, 6.07) is 0. The second kappa shape index (κ2) is 2.90. The van der Waals surface area contributed by atoms with Gasteiger partial charge in [0.15, 0.2) is 0 Å². The molecule has 5 heteroatoms. The first-order chi connectivity index (χ1) is 5.73. The molecule has 1 aliphatic rings. The van der Waals surface area contributed by atoms with E-state index in [1.165, 1.54) is 0 Å². The third kappa shape index (κ3) is 1.37. The van der Waals surface area contributed by atoms with E-state index in [0.29, 0.717) is 0 Å². The van der Waals surface area contributed by atoms with Crippen LogP contribution in [0.4, 0.5) is 0 Å². The number of nitrogens with zero attached hydrogens (tertiary/aromatic N) is 1. The van der Waals surface area contributed by atoms with Gasteiger partial charge in [-0.05, 0) is 18.1 Å². The summed E-state index contributed by atoms with van der Waals surface area (Å²) in [6.07, 6.45) is 0. The summed E-state index contributed by atoms with van der Waals surface area (Å²) >= 11 is 0. The van der Waals surface area contributed by atoms with Gasteiger partial charge < -0.3 is 10.2 Å². The smallest absolute Gasteiger partial charge is 0.277 e. The first-order valence-electron chi connectivity index (χ1n) is 4.36. The Kier molecular flexibility index (Phi) is 2.42. The molecule has 1 fully saturated rings. The van der Waals surface area contributed by atoms with Gasteiger partial charge in [-0.3, -0.25) is 10.0 Å². The predicted octanol–water partition coefficient (Wildman–Crippen LogP) is 0.312. The van der Waals surface area contributed by atoms with Crippen LogP contribution in [0.5, 0.6) is 0 Å². The summed E-state index contributed by atoms with van der Waals surface area (Å²) in [6.45, 7) is 7.15. The maximum absolute atomic E-state index is 9.42. The number of hydroxylamine groups is 2. The van der Waals surface area contributed by atoms with Crippen molar-refractivity contribution in [3.05, 3.63) is 0 Å². The van der Waals surface area contributed by atoms with Gasteiger partial charge in [0, 0.05) is 0 Å². The third-order valence-corrected chi connectivity index (χ3v) is 3.15. The van der Waals surface area contributed by atoms with Gasteiger partial charge in [-0.1, -0.05) is 20.8 Å². The number of hydrogen-bond donors (Lipinski definition) is 3. The summed E-state index contributed by atoms with van der Waals surface area (Å²) in [4.78, 5) is 5.03. The van der Waals surface area contributed by atoms with Crippen molar-refractivity contribution in [1.82, 2.24) is 5.23 Å². The molecule has 0 saturated carbocycles. The van der Waals surface area contributed by atoms with Gasteiger partial charge >= 0.3 is 0 Å². The number of rotatable bonds is 1. The average molecular weight is 191 g/mol. The highest BCUT2D eigenvalue weighted by molar-refractivity contribution is 4.93. The molecule has 1 saturated heterocycles. The van der Waals surface area contributed by atoms with Crippen LogP contribution < -0.4 is 0 Å². The van der Waals surface area contributed by atoms with E-state index in [4.69, 9.17) is 10.0 Å². The summed E-state index contributed by atoms with van der Waals surface area (Å²) in [5.74, 6) is -2.83. The van der Waals surface area contributed by atoms with Crippen molar-refractivity contribution in [1.29, 1.82) is 0 Å². The molecular formula is C8H17NO4. The zero-order valence-corrected chi connectivity index (χ0v) is 8.35. The molecule has 0 aromatic rings. The number of hydrogen-bond acceptors (Lipinski definition) is 5. The lowest BCUT2D eigenvalue weighted by atomic mass is 9.80. The van der Waals surface area contributed by atoms with Crippen LogP contribution in [0, 0.1) is 11.8 Å². The lowest BCUT2D eigenvalue weighted by molar-refractivity contribution is -0.465. The Morgan fingerprint density at radius 2 is 1.85 bits per heavy atom. The molecule has 3 N–H and O–H groups in total. The van der Waals surface area contributed by atoms with Gasteiger partial charge in [0.05, 0.1) is 5.92 Å². The molecule has 0 amide bonds. The Labute approximate surface area is 77.5 Å². The second-order valence-electron chi connectivity index (χ2n) is 4.11. The lowest BCUT2D eigenvalue weighted by Crippen LogP contribution is -2.47. The normalized spacial score (nSPS) is 40.2. The van der Waals surface area contributed by atoms with Crippen molar-refractivity contribution in [2.75, 3.05) is 0 Å².